The van der Waals surface area contributed by atoms with E-state index in [-0.39, 0.29) is 104 Å². The fourth-order valence-electron chi connectivity index (χ4n) is 12.4. The summed E-state index contributed by atoms with van der Waals surface area (Å²) in [5.74, 6) is -5.42. The Morgan fingerprint density at radius 2 is 1.41 bits per heavy atom. The number of carbonyl (C=O) groups is 9. The van der Waals surface area contributed by atoms with Crippen molar-refractivity contribution < 1.29 is 96.4 Å². The lowest BCUT2D eigenvalue weighted by atomic mass is 9.72. The number of aliphatic hydroxyl groups is 1. The Bertz CT molecular complexity index is 3880. The Morgan fingerprint density at radius 3 is 2.08 bits per heavy atom. The lowest BCUT2D eigenvalue weighted by Gasteiger charge is -2.43. The zero-order chi connectivity index (χ0) is 70.7. The summed E-state index contributed by atoms with van der Waals surface area (Å²) in [6.07, 6.45) is -0.820. The van der Waals surface area contributed by atoms with Crippen LogP contribution in [0.2, 0.25) is 0 Å². The third-order valence-corrected chi connectivity index (χ3v) is 19.2. The molecule has 10 rings (SSSR count). The molecule has 3 fully saturated rings. The second kappa shape index (κ2) is 33.4. The van der Waals surface area contributed by atoms with E-state index in [1.54, 1.807) is 47.1 Å². The van der Waals surface area contributed by atoms with Crippen LogP contribution in [0.1, 0.15) is 108 Å². The number of hydrogen-bond donors (Lipinski definition) is 9. The van der Waals surface area contributed by atoms with Gasteiger partial charge in [0, 0.05) is 98.1 Å². The predicted molar refractivity (Wildman–Crippen MR) is 357 cm³/mol. The van der Waals surface area contributed by atoms with Gasteiger partial charge in [-0.15, -0.1) is 11.3 Å². The van der Waals surface area contributed by atoms with E-state index in [0.717, 1.165) is 39.7 Å². The molecule has 0 unspecified atom stereocenters. The van der Waals surface area contributed by atoms with Crippen LogP contribution < -0.4 is 36.6 Å². The highest BCUT2D eigenvalue weighted by molar-refractivity contribution is 7.98. The molecule has 5 aromatic rings. The van der Waals surface area contributed by atoms with Crippen LogP contribution >= 0.6 is 34.9 Å². The van der Waals surface area contributed by atoms with Crippen LogP contribution in [-0.4, -0.2) is 243 Å². The molecule has 99 heavy (non-hydrogen) atoms. The highest BCUT2D eigenvalue weighted by atomic mass is 32.2. The number of amides is 7. The number of rotatable bonds is 31. The van der Waals surface area contributed by atoms with Crippen LogP contribution in [0.4, 0.5) is 0 Å². The summed E-state index contributed by atoms with van der Waals surface area (Å²) in [6, 6.07) is 9.44. The standard InChI is InChI=1S/C65H79N11O20S3/c1-33-61-41(76-14-17-93-64(90-4)63(76)96-61)21-52(94-33)95-43-23-65(88,22-36-54(43)60(86)56-55(58(36)84)57(83)35-8-7-9-42(89-3)53(35)59(56)85)44-32-99-50(74-44)29-75(2)51(82)28-71-49(81)27-70-48(80)26-69-47(79)25-68-46(78)24-67-45(77)12-15-91-18-19-92-16-13-66-62(87)34-10-11-37-38(20-34)73-40(31-98-6)39(72-37)30-97-5/h7-11,20,32-33,41,43,52,61,63-64,84,86,88H,12-19,21-31H2,1-6H3,(H,66,87)(H,67,77)(H,68,78)(H,69,79)(H,70,80)(H,71,81)/t33-,41-,43-,52-,61+,63+,64-,65-/m0/s1. The van der Waals surface area contributed by atoms with E-state index >= 15 is 0 Å². The van der Waals surface area contributed by atoms with Crippen LogP contribution in [0.25, 0.3) is 11.0 Å². The van der Waals surface area contributed by atoms with Crippen LogP contribution in [0.3, 0.4) is 0 Å². The maximum Gasteiger partial charge on any atom is 0.251 e. The maximum absolute atomic E-state index is 14.4. The van der Waals surface area contributed by atoms with Crippen molar-refractivity contribution in [3.05, 3.63) is 103 Å². The van der Waals surface area contributed by atoms with Gasteiger partial charge in [-0.2, -0.15) is 23.5 Å². The summed E-state index contributed by atoms with van der Waals surface area (Å²) in [5.41, 5.74) is 0.707. The van der Waals surface area contributed by atoms with Crippen molar-refractivity contribution in [1.29, 1.82) is 0 Å². The Kier molecular flexibility index (Phi) is 24.9. The Balaban J connectivity index is 0.623. The number of aromatic hydroxyl groups is 2. The molecule has 0 radical (unpaired) electrons. The number of aromatic nitrogens is 3. The third kappa shape index (κ3) is 17.3. The van der Waals surface area contributed by atoms with E-state index in [0.29, 0.717) is 29.2 Å². The van der Waals surface area contributed by atoms with Crippen LogP contribution in [0, 0.1) is 0 Å². The van der Waals surface area contributed by atoms with Gasteiger partial charge in [-0.1, -0.05) is 12.1 Å². The van der Waals surface area contributed by atoms with Crippen molar-refractivity contribution >= 4 is 98.8 Å². The van der Waals surface area contributed by atoms with Gasteiger partial charge in [-0.05, 0) is 43.7 Å². The molecule has 5 aliphatic rings. The highest BCUT2D eigenvalue weighted by Gasteiger charge is 2.55. The zero-order valence-electron chi connectivity index (χ0n) is 55.3. The number of phenols is 2. The van der Waals surface area contributed by atoms with Crippen molar-refractivity contribution in [2.75, 3.05) is 113 Å². The molecule has 31 nitrogen and oxygen atoms in total. The van der Waals surface area contributed by atoms with Crippen molar-refractivity contribution in [2.24, 2.45) is 0 Å². The number of thiazole rings is 1. The summed E-state index contributed by atoms with van der Waals surface area (Å²) >= 11 is 4.43. The second-order valence-electron chi connectivity index (χ2n) is 23.9. The Labute approximate surface area is 581 Å². The maximum atomic E-state index is 14.4. The Hall–Kier alpha value is -8.00. The number of ether oxygens (including phenoxy) is 8. The molecule has 3 saturated heterocycles. The van der Waals surface area contributed by atoms with Crippen LogP contribution in [-0.2, 0) is 92.0 Å². The van der Waals surface area contributed by atoms with Gasteiger partial charge in [0.25, 0.3) is 5.91 Å². The average molecular weight is 1430 g/mol. The summed E-state index contributed by atoms with van der Waals surface area (Å²) in [6.45, 7) is 1.02. The quantitative estimate of drug-likeness (QED) is 0.0215. The second-order valence-corrected chi connectivity index (χ2v) is 26.5. The minimum atomic E-state index is -1.95. The third-order valence-electron chi connectivity index (χ3n) is 17.2. The van der Waals surface area contributed by atoms with Gasteiger partial charge < -0.3 is 90.0 Å². The van der Waals surface area contributed by atoms with E-state index in [2.05, 4.69) is 36.8 Å². The van der Waals surface area contributed by atoms with Gasteiger partial charge in [0.05, 0.1) is 136 Å². The normalized spacial score (nSPS) is 21.5. The first-order valence-corrected chi connectivity index (χ1v) is 35.5. The monoisotopic (exact) mass is 1430 g/mol. The minimum Gasteiger partial charge on any atom is -0.507 e. The number of fused-ring (bicyclic) bond motifs is 7. The van der Waals surface area contributed by atoms with Crippen molar-refractivity contribution in [3.8, 4) is 17.2 Å². The molecule has 2 aliphatic carbocycles. The lowest BCUT2D eigenvalue weighted by molar-refractivity contribution is -0.256. The largest absolute Gasteiger partial charge is 0.507 e. The molecule has 5 heterocycles. The summed E-state index contributed by atoms with van der Waals surface area (Å²) in [7, 11) is 4.33. The molecule has 7 amide bonds. The molecular formula is C65H79N11O20S3. The smallest absolute Gasteiger partial charge is 0.251 e. The van der Waals surface area contributed by atoms with Gasteiger partial charge in [-0.3, -0.25) is 48.1 Å². The molecule has 3 aliphatic heterocycles. The van der Waals surface area contributed by atoms with E-state index in [1.807, 2.05) is 19.4 Å². The van der Waals surface area contributed by atoms with E-state index in [4.69, 9.17) is 52.8 Å². The SMILES string of the molecule is COc1cccc2c1C(=O)c1c(O)c3c(c(O)c1C2=O)C[C@@](O)(c1csc(CN(C)C(=O)CNC(=O)CNC(=O)CNC(=O)CNC(=O)CNC(=O)CCOCCOCCNC(=O)c2ccc4nc(CSC)c(CSC)nc4c2)n1)C[C@@H]3O[C@H]1C[C@H]2[C@H](O[C@@H]3[C@@H](OC)OCCN32)[C@H](C)O1. The van der Waals surface area contributed by atoms with Gasteiger partial charge in [0.15, 0.2) is 24.6 Å². The van der Waals surface area contributed by atoms with Gasteiger partial charge in [-0.25, -0.2) is 15.0 Å². The molecule has 8 atom stereocenters. The van der Waals surface area contributed by atoms with E-state index in [1.165, 1.54) is 44.4 Å². The fraction of sp³-hybridized carbons (Fsp3) is 0.508. The van der Waals surface area contributed by atoms with Gasteiger partial charge >= 0.3 is 0 Å². The first-order chi connectivity index (χ1) is 47.6. The number of hydrogen-bond acceptors (Lipinski definition) is 27. The molecule has 9 N–H and O–H groups in total. The number of benzene rings is 3. The number of phenolic OH excluding ortho intramolecular Hbond substituents is 2. The summed E-state index contributed by atoms with van der Waals surface area (Å²) < 4.78 is 47.3. The molecule has 0 bridgehead atoms. The van der Waals surface area contributed by atoms with Crippen molar-refractivity contribution in [1.82, 2.24) is 56.7 Å². The number of nitrogens with zero attached hydrogens (tertiary/aromatic N) is 5. The first-order valence-electron chi connectivity index (χ1n) is 31.8. The number of morpholine rings is 1. The lowest BCUT2D eigenvalue weighted by Crippen LogP contribution is -2.55. The summed E-state index contributed by atoms with van der Waals surface area (Å²) in [5, 5.41) is 53.8. The molecule has 2 aromatic heterocycles. The van der Waals surface area contributed by atoms with E-state index in [9.17, 15) is 58.5 Å². The number of carbonyl (C=O) groups excluding carboxylic acids is 9. The molecule has 532 valence electrons. The average Bonchev–Trinajstić information content (AvgIpc) is 1.07. The molecule has 3 aromatic carbocycles. The van der Waals surface area contributed by atoms with Crippen LogP contribution in [0.5, 0.6) is 17.2 Å². The van der Waals surface area contributed by atoms with Crippen molar-refractivity contribution in [3.63, 3.8) is 0 Å². The zero-order valence-corrected chi connectivity index (χ0v) is 57.7. The molecule has 0 spiro atoms. The van der Waals surface area contributed by atoms with Crippen LogP contribution in [0.15, 0.2) is 41.8 Å². The fourth-order valence-corrected chi connectivity index (χ4v) is 14.3. The Morgan fingerprint density at radius 1 is 0.768 bits per heavy atom. The first kappa shape index (κ1) is 73.7. The van der Waals surface area contributed by atoms with Gasteiger partial charge in [0.2, 0.25) is 41.2 Å². The number of thioether (sulfide) groups is 2. The topological polar surface area (TPSA) is 405 Å². The minimum absolute atomic E-state index is 0.0255. The number of ketones is 2. The number of methoxy groups -OCH3 is 2. The predicted octanol–water partition coefficient (Wildman–Crippen LogP) is 0.825. The molecule has 0 saturated carbocycles. The number of likely N-dealkylation sites (N-methyl/N-ethyl adjacent to an activating group) is 1. The highest BCUT2D eigenvalue weighted by Crippen LogP contribution is 2.55. The summed E-state index contributed by atoms with van der Waals surface area (Å²) in [4.78, 5) is 134. The number of nitrogens with one attached hydrogen (secondary N) is 6. The van der Waals surface area contributed by atoms with Crippen molar-refractivity contribution in [2.45, 2.75) is 99.4 Å². The van der Waals surface area contributed by atoms with Gasteiger partial charge in [0.1, 0.15) is 34.0 Å². The van der Waals surface area contributed by atoms with E-state index < -0.39 is 152 Å². The molecule has 34 heteroatoms. The molecular weight excluding hydrogens is 1350 g/mol.